The Hall–Kier alpha value is -4.51. The summed E-state index contributed by atoms with van der Waals surface area (Å²) in [6.45, 7) is 4.64. The number of cyclic esters (lactones) is 1. The number of rotatable bonds is 11. The van der Waals surface area contributed by atoms with E-state index in [0.717, 1.165) is 5.56 Å². The molecule has 3 heterocycles. The van der Waals surface area contributed by atoms with Crippen molar-refractivity contribution < 1.29 is 37.9 Å². The second kappa shape index (κ2) is 13.2. The molecule has 0 spiro atoms. The van der Waals surface area contributed by atoms with E-state index < -0.39 is 36.1 Å². The van der Waals surface area contributed by atoms with Crippen LogP contribution >= 0.6 is 0 Å². The van der Waals surface area contributed by atoms with Gasteiger partial charge in [-0.05, 0) is 81.0 Å². The van der Waals surface area contributed by atoms with Gasteiger partial charge in [0.15, 0.2) is 5.69 Å². The minimum atomic E-state index is -0.647. The van der Waals surface area contributed by atoms with E-state index in [1.165, 1.54) is 18.4 Å². The van der Waals surface area contributed by atoms with Crippen LogP contribution in [-0.2, 0) is 19.1 Å². The smallest absolute Gasteiger partial charge is 0.338 e. The fraction of sp³-hybridized carbons (Fsp3) is 0.441. The van der Waals surface area contributed by atoms with Crippen molar-refractivity contribution in [2.45, 2.75) is 63.7 Å². The Morgan fingerprint density at radius 1 is 1.04 bits per heavy atom. The van der Waals surface area contributed by atoms with Crippen LogP contribution in [0.1, 0.15) is 82.4 Å². The third kappa shape index (κ3) is 7.25. The van der Waals surface area contributed by atoms with Gasteiger partial charge in [-0.25, -0.2) is 4.79 Å². The van der Waals surface area contributed by atoms with E-state index in [4.69, 9.17) is 18.7 Å². The SMILES string of the molecule is Cc1cc(C(=O)NC(C)C(Oc2ccc(C(=O)O[C@@H]3CNCCC3C(=O)[C@H]3COC(=O)C3)cc2)c2ccc(C3CC3)cc2)no1. The van der Waals surface area contributed by atoms with E-state index >= 15 is 0 Å². The number of Topliss-reactive ketones (excluding diaryl/α,β-unsaturated/α-hetero) is 1. The minimum absolute atomic E-state index is 0.0682. The Morgan fingerprint density at radius 3 is 2.44 bits per heavy atom. The van der Waals surface area contributed by atoms with Crippen molar-refractivity contribution in [1.82, 2.24) is 15.8 Å². The van der Waals surface area contributed by atoms with Crippen LogP contribution < -0.4 is 15.4 Å². The molecular weight excluding hydrogens is 578 g/mol. The van der Waals surface area contributed by atoms with E-state index in [0.29, 0.717) is 42.5 Å². The normalized spacial score (nSPS) is 22.6. The van der Waals surface area contributed by atoms with Crippen LogP contribution in [0.2, 0.25) is 0 Å². The average Bonchev–Trinajstić information content (AvgIpc) is 3.66. The first-order valence-electron chi connectivity index (χ1n) is 15.5. The number of nitrogens with one attached hydrogen (secondary N) is 2. The number of piperidine rings is 1. The quantitative estimate of drug-likeness (QED) is 0.303. The van der Waals surface area contributed by atoms with E-state index in [-0.39, 0.29) is 36.4 Å². The number of amides is 1. The molecule has 5 atom stereocenters. The molecule has 3 unspecified atom stereocenters. The largest absolute Gasteiger partial charge is 0.484 e. The summed E-state index contributed by atoms with van der Waals surface area (Å²) in [4.78, 5) is 50.6. The summed E-state index contributed by atoms with van der Waals surface area (Å²) in [6.07, 6.45) is 1.79. The molecule has 1 saturated carbocycles. The number of hydrogen-bond donors (Lipinski definition) is 2. The number of carbonyl (C=O) groups is 4. The Morgan fingerprint density at radius 2 is 1.80 bits per heavy atom. The monoisotopic (exact) mass is 615 g/mol. The van der Waals surface area contributed by atoms with Crippen molar-refractivity contribution in [1.29, 1.82) is 0 Å². The standard InChI is InChI=1S/C34H37N3O8/c1-19-15-28(37-45-19)33(40)36-20(2)32(23-7-5-22(6-8-23)21-3-4-21)43-26-11-9-24(10-12-26)34(41)44-29-17-35-14-13-27(29)31(39)25-16-30(38)42-18-25/h5-12,15,20-21,25,27,29,32,35H,3-4,13-14,16-18H2,1-2H3,(H,36,40)/t20?,25-,27?,29-,32?/m1/s1. The average molecular weight is 616 g/mol. The summed E-state index contributed by atoms with van der Waals surface area (Å²) in [7, 11) is 0. The summed E-state index contributed by atoms with van der Waals surface area (Å²) in [5.74, 6) is -0.750. The zero-order valence-electron chi connectivity index (χ0n) is 25.3. The van der Waals surface area contributed by atoms with Gasteiger partial charge in [0.05, 0.1) is 29.9 Å². The van der Waals surface area contributed by atoms with Crippen molar-refractivity contribution in [3.8, 4) is 5.75 Å². The summed E-state index contributed by atoms with van der Waals surface area (Å²) in [5, 5.41) is 9.97. The lowest BCUT2D eigenvalue weighted by molar-refractivity contribution is -0.138. The third-order valence-corrected chi connectivity index (χ3v) is 8.65. The molecular formula is C34H37N3O8. The molecule has 3 aromatic rings. The molecule has 6 rings (SSSR count). The molecule has 1 aliphatic carbocycles. The molecule has 2 aromatic carbocycles. The number of ketones is 1. The fourth-order valence-corrected chi connectivity index (χ4v) is 5.96. The first-order chi connectivity index (χ1) is 21.7. The van der Waals surface area contributed by atoms with Crippen LogP contribution in [-0.4, -0.2) is 60.6 Å². The first kappa shape index (κ1) is 30.5. The summed E-state index contributed by atoms with van der Waals surface area (Å²) >= 11 is 0. The van der Waals surface area contributed by atoms with Gasteiger partial charge in [-0.3, -0.25) is 14.4 Å². The van der Waals surface area contributed by atoms with Crippen LogP contribution in [0.25, 0.3) is 0 Å². The van der Waals surface area contributed by atoms with Crippen molar-refractivity contribution in [3.63, 3.8) is 0 Å². The molecule has 11 heteroatoms. The maximum Gasteiger partial charge on any atom is 0.338 e. The molecule has 2 N–H and O–H groups in total. The predicted octanol–water partition coefficient (Wildman–Crippen LogP) is 4.07. The van der Waals surface area contributed by atoms with E-state index in [1.54, 1.807) is 37.3 Å². The number of aryl methyl sites for hydroxylation is 1. The zero-order chi connectivity index (χ0) is 31.5. The number of esters is 2. The van der Waals surface area contributed by atoms with Crippen LogP contribution in [0.15, 0.2) is 59.1 Å². The molecule has 45 heavy (non-hydrogen) atoms. The third-order valence-electron chi connectivity index (χ3n) is 8.65. The van der Waals surface area contributed by atoms with Gasteiger partial charge in [-0.1, -0.05) is 29.4 Å². The van der Waals surface area contributed by atoms with Gasteiger partial charge >= 0.3 is 11.9 Å². The highest BCUT2D eigenvalue weighted by atomic mass is 16.5. The van der Waals surface area contributed by atoms with E-state index in [9.17, 15) is 19.2 Å². The molecule has 236 valence electrons. The number of hydrogen-bond acceptors (Lipinski definition) is 10. The first-order valence-corrected chi connectivity index (χ1v) is 15.5. The Bertz CT molecular complexity index is 1550. The van der Waals surface area contributed by atoms with E-state index in [2.05, 4.69) is 27.9 Å². The van der Waals surface area contributed by atoms with Crippen molar-refractivity contribution in [3.05, 3.63) is 82.7 Å². The van der Waals surface area contributed by atoms with Gasteiger partial charge < -0.3 is 29.4 Å². The summed E-state index contributed by atoms with van der Waals surface area (Å²) in [6, 6.07) is 16.0. The highest BCUT2D eigenvalue weighted by Gasteiger charge is 2.40. The number of carbonyl (C=O) groups excluding carboxylic acids is 4. The van der Waals surface area contributed by atoms with Crippen molar-refractivity contribution in [2.24, 2.45) is 11.8 Å². The van der Waals surface area contributed by atoms with Gasteiger partial charge in [-0.15, -0.1) is 0 Å². The van der Waals surface area contributed by atoms with Gasteiger partial charge in [-0.2, -0.15) is 0 Å². The topological polar surface area (TPSA) is 146 Å². The van der Waals surface area contributed by atoms with E-state index in [1.807, 2.05) is 19.1 Å². The number of benzene rings is 2. The van der Waals surface area contributed by atoms with Gasteiger partial charge in [0.2, 0.25) is 0 Å². The lowest BCUT2D eigenvalue weighted by Crippen LogP contribution is -2.48. The minimum Gasteiger partial charge on any atom is -0.484 e. The fourth-order valence-electron chi connectivity index (χ4n) is 5.96. The van der Waals surface area contributed by atoms with Crippen LogP contribution in [0, 0.1) is 18.8 Å². The highest BCUT2D eigenvalue weighted by Crippen LogP contribution is 2.40. The molecule has 2 saturated heterocycles. The maximum absolute atomic E-state index is 13.1. The van der Waals surface area contributed by atoms with Gasteiger partial charge in [0.25, 0.3) is 5.91 Å². The second-order valence-corrected chi connectivity index (χ2v) is 12.1. The van der Waals surface area contributed by atoms with Crippen molar-refractivity contribution >= 4 is 23.6 Å². The van der Waals surface area contributed by atoms with Crippen LogP contribution in [0.4, 0.5) is 0 Å². The summed E-state index contributed by atoms with van der Waals surface area (Å²) < 4.78 is 22.2. The zero-order valence-corrected chi connectivity index (χ0v) is 25.3. The van der Waals surface area contributed by atoms with Crippen LogP contribution in [0.3, 0.4) is 0 Å². The summed E-state index contributed by atoms with van der Waals surface area (Å²) in [5.41, 5.74) is 2.68. The van der Waals surface area contributed by atoms with Gasteiger partial charge in [0.1, 0.15) is 36.1 Å². The number of aromatic nitrogens is 1. The molecule has 2 aliphatic heterocycles. The predicted molar refractivity (Wildman–Crippen MR) is 161 cm³/mol. The molecule has 11 nitrogen and oxygen atoms in total. The lowest BCUT2D eigenvalue weighted by Gasteiger charge is -2.31. The highest BCUT2D eigenvalue weighted by molar-refractivity contribution is 5.93. The van der Waals surface area contributed by atoms with Crippen molar-refractivity contribution in [2.75, 3.05) is 19.7 Å². The molecule has 0 bridgehead atoms. The lowest BCUT2D eigenvalue weighted by atomic mass is 9.84. The van der Waals surface area contributed by atoms with Crippen LogP contribution in [0.5, 0.6) is 5.75 Å². The molecule has 0 radical (unpaired) electrons. The van der Waals surface area contributed by atoms with Gasteiger partial charge in [0, 0.05) is 12.6 Å². The Balaban J connectivity index is 1.13. The molecule has 1 amide bonds. The Kier molecular flexibility index (Phi) is 8.97. The number of ether oxygens (including phenoxy) is 3. The number of nitrogens with zero attached hydrogens (tertiary/aromatic N) is 1. The Labute approximate surface area is 261 Å². The molecule has 1 aromatic heterocycles. The molecule has 3 aliphatic rings. The maximum atomic E-state index is 13.1. The second-order valence-electron chi connectivity index (χ2n) is 12.1. The molecule has 3 fully saturated rings.